The molecule has 0 unspecified atom stereocenters. The Morgan fingerprint density at radius 1 is 1.44 bits per heavy atom. The molecule has 0 aromatic carbocycles. The average Bonchev–Trinajstić information content (AvgIpc) is 2.12. The van der Waals surface area contributed by atoms with E-state index in [4.69, 9.17) is 4.74 Å². The lowest BCUT2D eigenvalue weighted by molar-refractivity contribution is 0.0124. The molecular weight excluding hydrogens is 114 g/mol. The van der Waals surface area contributed by atoms with Crippen molar-refractivity contribution in [1.29, 1.82) is 0 Å². The lowest BCUT2D eigenvalue weighted by Gasteiger charge is -2.45. The van der Waals surface area contributed by atoms with Crippen LogP contribution in [-0.2, 0) is 4.74 Å². The number of hydrogen-bond acceptors (Lipinski definition) is 2. The van der Waals surface area contributed by atoms with Crippen molar-refractivity contribution >= 4 is 0 Å². The second-order valence-corrected chi connectivity index (χ2v) is 3.47. The van der Waals surface area contributed by atoms with Gasteiger partial charge in [-0.2, -0.15) is 0 Å². The summed E-state index contributed by atoms with van der Waals surface area (Å²) in [4.78, 5) is 2.36. The van der Waals surface area contributed by atoms with Gasteiger partial charge in [0.15, 0.2) is 0 Å². The fourth-order valence-electron chi connectivity index (χ4n) is 2.00. The Balaban J connectivity index is 1.95. The second kappa shape index (κ2) is 1.70. The molecule has 0 aromatic heterocycles. The van der Waals surface area contributed by atoms with Gasteiger partial charge in [0, 0.05) is 25.1 Å². The van der Waals surface area contributed by atoms with Crippen molar-refractivity contribution in [3.63, 3.8) is 0 Å². The molecule has 0 atom stereocenters. The molecule has 2 aliphatic rings. The van der Waals surface area contributed by atoms with Crippen LogP contribution < -0.4 is 0 Å². The molecule has 0 radical (unpaired) electrons. The van der Waals surface area contributed by atoms with Crippen LogP contribution >= 0.6 is 0 Å². The Morgan fingerprint density at radius 3 is 2.67 bits per heavy atom. The Morgan fingerprint density at radius 2 is 2.22 bits per heavy atom. The second-order valence-electron chi connectivity index (χ2n) is 3.47. The van der Waals surface area contributed by atoms with Gasteiger partial charge in [-0.3, -0.25) is 0 Å². The lowest BCUT2D eigenvalue weighted by atomic mass is 9.80. The van der Waals surface area contributed by atoms with Crippen LogP contribution in [0.5, 0.6) is 0 Å². The highest BCUT2D eigenvalue weighted by atomic mass is 16.5. The zero-order valence-electron chi connectivity index (χ0n) is 5.89. The molecule has 0 bridgehead atoms. The minimum atomic E-state index is 0.592. The van der Waals surface area contributed by atoms with Crippen molar-refractivity contribution in [3.8, 4) is 0 Å². The van der Waals surface area contributed by atoms with Gasteiger partial charge in [0.1, 0.15) is 0 Å². The molecular formula is C7H13NO. The van der Waals surface area contributed by atoms with Crippen LogP contribution in [0.2, 0.25) is 0 Å². The van der Waals surface area contributed by atoms with Crippen LogP contribution in [0.3, 0.4) is 0 Å². The number of likely N-dealkylation sites (tertiary alicyclic amines) is 1. The number of ether oxygens (including phenoxy) is 1. The SMILES string of the molecule is CN1CC2(CCOC2)C1. The van der Waals surface area contributed by atoms with Crippen molar-refractivity contribution in [3.05, 3.63) is 0 Å². The van der Waals surface area contributed by atoms with Gasteiger partial charge in [0.25, 0.3) is 0 Å². The molecule has 2 heterocycles. The minimum Gasteiger partial charge on any atom is -0.381 e. The normalized spacial score (nSPS) is 33.0. The third-order valence-electron chi connectivity index (χ3n) is 2.40. The van der Waals surface area contributed by atoms with Crippen molar-refractivity contribution in [2.24, 2.45) is 5.41 Å². The smallest absolute Gasteiger partial charge is 0.0547 e. The van der Waals surface area contributed by atoms with Crippen LogP contribution in [-0.4, -0.2) is 38.3 Å². The highest BCUT2D eigenvalue weighted by molar-refractivity contribution is 4.95. The van der Waals surface area contributed by atoms with Gasteiger partial charge in [-0.1, -0.05) is 0 Å². The highest BCUT2D eigenvalue weighted by Gasteiger charge is 2.43. The van der Waals surface area contributed by atoms with Gasteiger partial charge >= 0.3 is 0 Å². The van der Waals surface area contributed by atoms with Crippen molar-refractivity contribution in [2.75, 3.05) is 33.4 Å². The molecule has 0 saturated carbocycles. The molecule has 0 aromatic rings. The molecule has 1 spiro atoms. The first kappa shape index (κ1) is 5.69. The fraction of sp³-hybridized carbons (Fsp3) is 1.00. The highest BCUT2D eigenvalue weighted by Crippen LogP contribution is 2.36. The Labute approximate surface area is 55.8 Å². The standard InChI is InChI=1S/C7H13NO/c1-8-4-7(5-8)2-3-9-6-7/h2-6H2,1H3. The molecule has 2 heteroatoms. The van der Waals surface area contributed by atoms with E-state index in [-0.39, 0.29) is 0 Å². The first-order valence-corrected chi connectivity index (χ1v) is 3.57. The number of nitrogens with zero attached hydrogens (tertiary/aromatic N) is 1. The van der Waals surface area contributed by atoms with E-state index in [1.54, 1.807) is 0 Å². The maximum absolute atomic E-state index is 5.32. The monoisotopic (exact) mass is 127 g/mol. The van der Waals surface area contributed by atoms with E-state index in [9.17, 15) is 0 Å². The molecule has 0 amide bonds. The molecule has 52 valence electrons. The molecule has 0 aliphatic carbocycles. The maximum atomic E-state index is 5.32. The predicted octanol–water partition coefficient (Wildman–Crippen LogP) is 0.339. The quantitative estimate of drug-likeness (QED) is 0.465. The van der Waals surface area contributed by atoms with E-state index in [0.717, 1.165) is 13.2 Å². The average molecular weight is 127 g/mol. The number of hydrogen-bond donors (Lipinski definition) is 0. The van der Waals surface area contributed by atoms with Gasteiger partial charge in [-0.25, -0.2) is 0 Å². The first-order chi connectivity index (χ1) is 4.31. The molecule has 2 rings (SSSR count). The summed E-state index contributed by atoms with van der Waals surface area (Å²) in [6.07, 6.45) is 1.29. The summed E-state index contributed by atoms with van der Waals surface area (Å²) in [6.45, 7) is 4.52. The zero-order chi connectivity index (χ0) is 6.32. The van der Waals surface area contributed by atoms with Crippen molar-refractivity contribution in [2.45, 2.75) is 6.42 Å². The molecule has 2 nitrogen and oxygen atoms in total. The minimum absolute atomic E-state index is 0.592. The van der Waals surface area contributed by atoms with E-state index in [1.165, 1.54) is 19.5 Å². The molecule has 2 aliphatic heterocycles. The molecule has 2 saturated heterocycles. The summed E-state index contributed by atoms with van der Waals surface area (Å²) in [5.41, 5.74) is 0.592. The van der Waals surface area contributed by atoms with E-state index in [1.807, 2.05) is 0 Å². The van der Waals surface area contributed by atoms with Gasteiger partial charge in [0.2, 0.25) is 0 Å². The van der Waals surface area contributed by atoms with E-state index in [0.29, 0.717) is 5.41 Å². The summed E-state index contributed by atoms with van der Waals surface area (Å²) in [5, 5.41) is 0. The number of rotatable bonds is 0. The molecule has 2 fully saturated rings. The summed E-state index contributed by atoms with van der Waals surface area (Å²) in [7, 11) is 2.17. The zero-order valence-corrected chi connectivity index (χ0v) is 5.89. The van der Waals surface area contributed by atoms with Crippen LogP contribution in [0.1, 0.15) is 6.42 Å². The Hall–Kier alpha value is -0.0800. The third kappa shape index (κ3) is 0.775. The topological polar surface area (TPSA) is 12.5 Å². The summed E-state index contributed by atoms with van der Waals surface area (Å²) < 4.78 is 5.32. The van der Waals surface area contributed by atoms with Crippen molar-refractivity contribution in [1.82, 2.24) is 4.90 Å². The fourth-order valence-corrected chi connectivity index (χ4v) is 2.00. The van der Waals surface area contributed by atoms with E-state index >= 15 is 0 Å². The van der Waals surface area contributed by atoms with Gasteiger partial charge < -0.3 is 9.64 Å². The summed E-state index contributed by atoms with van der Waals surface area (Å²) >= 11 is 0. The van der Waals surface area contributed by atoms with Crippen molar-refractivity contribution < 1.29 is 4.74 Å². The van der Waals surface area contributed by atoms with Crippen LogP contribution in [0.4, 0.5) is 0 Å². The maximum Gasteiger partial charge on any atom is 0.0547 e. The Kier molecular flexibility index (Phi) is 1.08. The van der Waals surface area contributed by atoms with E-state index in [2.05, 4.69) is 11.9 Å². The Bertz CT molecular complexity index is 110. The van der Waals surface area contributed by atoms with Crippen LogP contribution in [0, 0.1) is 5.41 Å². The molecule has 9 heavy (non-hydrogen) atoms. The van der Waals surface area contributed by atoms with Gasteiger partial charge in [0.05, 0.1) is 6.61 Å². The predicted molar refractivity (Wildman–Crippen MR) is 35.4 cm³/mol. The van der Waals surface area contributed by atoms with Gasteiger partial charge in [-0.05, 0) is 13.5 Å². The van der Waals surface area contributed by atoms with E-state index < -0.39 is 0 Å². The largest absolute Gasteiger partial charge is 0.381 e. The third-order valence-corrected chi connectivity index (χ3v) is 2.40. The van der Waals surface area contributed by atoms with Crippen LogP contribution in [0.25, 0.3) is 0 Å². The first-order valence-electron chi connectivity index (χ1n) is 3.57. The lowest BCUT2D eigenvalue weighted by Crippen LogP contribution is -2.54. The van der Waals surface area contributed by atoms with Gasteiger partial charge in [-0.15, -0.1) is 0 Å². The summed E-state index contributed by atoms with van der Waals surface area (Å²) in [6, 6.07) is 0. The molecule has 0 N–H and O–H groups in total. The van der Waals surface area contributed by atoms with Crippen LogP contribution in [0.15, 0.2) is 0 Å². The summed E-state index contributed by atoms with van der Waals surface area (Å²) in [5.74, 6) is 0.